The lowest BCUT2D eigenvalue weighted by Gasteiger charge is -2.17. The molecule has 2 aromatic rings. The second-order valence-corrected chi connectivity index (χ2v) is 5.58. The molecule has 0 unspecified atom stereocenters. The molecule has 0 spiro atoms. The Kier molecular flexibility index (Phi) is 4.55. The highest BCUT2D eigenvalue weighted by Crippen LogP contribution is 2.22. The Morgan fingerprint density at radius 2 is 1.80 bits per heavy atom. The number of benzene rings is 1. The molecule has 108 valence electrons. The van der Waals surface area contributed by atoms with E-state index in [0.29, 0.717) is 5.92 Å². The largest absolute Gasteiger partial charge is 0.391 e. The molecule has 20 heavy (non-hydrogen) atoms. The predicted octanol–water partition coefficient (Wildman–Crippen LogP) is 3.40. The molecule has 1 aromatic carbocycles. The molecule has 0 saturated heterocycles. The van der Waals surface area contributed by atoms with Gasteiger partial charge in [-0.1, -0.05) is 50.3 Å². The lowest BCUT2D eigenvalue weighted by atomic mass is 10.0. The van der Waals surface area contributed by atoms with Crippen LogP contribution in [0.1, 0.15) is 51.6 Å². The van der Waals surface area contributed by atoms with Crippen LogP contribution in [0.25, 0.3) is 11.3 Å². The number of hydrogen-bond donors (Lipinski definition) is 1. The summed E-state index contributed by atoms with van der Waals surface area (Å²) in [6.45, 7) is 8.18. The quantitative estimate of drug-likeness (QED) is 0.908. The van der Waals surface area contributed by atoms with E-state index in [1.54, 1.807) is 11.6 Å². The molecule has 0 radical (unpaired) electrons. The fraction of sp³-hybridized carbons (Fsp3) is 0.500. The summed E-state index contributed by atoms with van der Waals surface area (Å²) in [5.74, 6) is 0.527. The van der Waals surface area contributed by atoms with Crippen molar-refractivity contribution in [3.05, 3.63) is 36.0 Å². The van der Waals surface area contributed by atoms with Gasteiger partial charge in [0.2, 0.25) is 0 Å². The molecule has 2 rings (SSSR count). The molecule has 0 amide bonds. The van der Waals surface area contributed by atoms with Gasteiger partial charge in [-0.3, -0.25) is 0 Å². The number of aliphatic hydroxyl groups is 1. The van der Waals surface area contributed by atoms with E-state index in [1.165, 1.54) is 5.56 Å². The first kappa shape index (κ1) is 14.7. The molecule has 0 aliphatic rings. The van der Waals surface area contributed by atoms with Gasteiger partial charge in [-0.2, -0.15) is 0 Å². The van der Waals surface area contributed by atoms with Crippen molar-refractivity contribution in [3.8, 4) is 11.3 Å². The van der Waals surface area contributed by atoms with E-state index in [1.807, 2.05) is 13.1 Å². The van der Waals surface area contributed by atoms with Gasteiger partial charge >= 0.3 is 0 Å². The average molecular weight is 273 g/mol. The normalized spacial score (nSPS) is 14.5. The van der Waals surface area contributed by atoms with E-state index in [4.69, 9.17) is 0 Å². The van der Waals surface area contributed by atoms with Gasteiger partial charge in [0.25, 0.3) is 0 Å². The molecule has 2 atom stereocenters. The topological polar surface area (TPSA) is 50.9 Å². The molecule has 0 saturated carbocycles. The Morgan fingerprint density at radius 1 is 1.15 bits per heavy atom. The first-order valence-electron chi connectivity index (χ1n) is 7.23. The zero-order valence-corrected chi connectivity index (χ0v) is 12.6. The van der Waals surface area contributed by atoms with Crippen molar-refractivity contribution < 1.29 is 5.11 Å². The van der Waals surface area contributed by atoms with Crippen molar-refractivity contribution in [1.82, 2.24) is 15.0 Å². The zero-order chi connectivity index (χ0) is 14.7. The number of hydrogen-bond acceptors (Lipinski definition) is 3. The van der Waals surface area contributed by atoms with Crippen molar-refractivity contribution in [2.75, 3.05) is 0 Å². The molecule has 1 aromatic heterocycles. The Labute approximate surface area is 120 Å². The SMILES string of the molecule is CC[C@@H]([C@@H](C)O)n1cc(-c2ccc(C(C)C)cc2)nn1. The van der Waals surface area contributed by atoms with Crippen LogP contribution in [0.4, 0.5) is 0 Å². The maximum absolute atomic E-state index is 9.75. The predicted molar refractivity (Wildman–Crippen MR) is 80.6 cm³/mol. The highest BCUT2D eigenvalue weighted by atomic mass is 16.3. The molecule has 0 bridgehead atoms. The molecule has 4 nitrogen and oxygen atoms in total. The number of aromatic nitrogens is 3. The van der Waals surface area contributed by atoms with E-state index >= 15 is 0 Å². The van der Waals surface area contributed by atoms with Crippen LogP contribution in [0.2, 0.25) is 0 Å². The summed E-state index contributed by atoms with van der Waals surface area (Å²) in [6, 6.07) is 8.39. The minimum absolute atomic E-state index is 0.0220. The Bertz CT molecular complexity index is 543. The average Bonchev–Trinajstić information content (AvgIpc) is 2.88. The molecule has 0 aliphatic carbocycles. The zero-order valence-electron chi connectivity index (χ0n) is 12.6. The Balaban J connectivity index is 2.24. The molecule has 0 fully saturated rings. The van der Waals surface area contributed by atoms with Crippen LogP contribution in [-0.2, 0) is 0 Å². The maximum Gasteiger partial charge on any atom is 0.113 e. The fourth-order valence-corrected chi connectivity index (χ4v) is 2.36. The van der Waals surface area contributed by atoms with Gasteiger partial charge in [0.1, 0.15) is 5.69 Å². The maximum atomic E-state index is 9.75. The van der Waals surface area contributed by atoms with Gasteiger partial charge in [0.15, 0.2) is 0 Å². The highest BCUT2D eigenvalue weighted by molar-refractivity contribution is 5.58. The van der Waals surface area contributed by atoms with Crippen molar-refractivity contribution >= 4 is 0 Å². The smallest absolute Gasteiger partial charge is 0.113 e. The van der Waals surface area contributed by atoms with Crippen molar-refractivity contribution in [1.29, 1.82) is 0 Å². The van der Waals surface area contributed by atoms with E-state index in [2.05, 4.69) is 48.4 Å². The Hall–Kier alpha value is -1.68. The second kappa shape index (κ2) is 6.18. The second-order valence-electron chi connectivity index (χ2n) is 5.58. The third-order valence-electron chi connectivity index (χ3n) is 3.70. The monoisotopic (exact) mass is 273 g/mol. The van der Waals surface area contributed by atoms with Crippen molar-refractivity contribution in [2.45, 2.75) is 52.2 Å². The van der Waals surface area contributed by atoms with Crippen LogP contribution in [0, 0.1) is 0 Å². The van der Waals surface area contributed by atoms with E-state index in [9.17, 15) is 5.11 Å². The molecule has 4 heteroatoms. The first-order valence-corrected chi connectivity index (χ1v) is 7.23. The van der Waals surface area contributed by atoms with Gasteiger partial charge in [-0.25, -0.2) is 4.68 Å². The van der Waals surface area contributed by atoms with E-state index in [-0.39, 0.29) is 6.04 Å². The van der Waals surface area contributed by atoms with Gasteiger partial charge in [0, 0.05) is 5.56 Å². The molecule has 1 heterocycles. The van der Waals surface area contributed by atoms with Gasteiger partial charge in [-0.15, -0.1) is 5.10 Å². The Morgan fingerprint density at radius 3 is 2.30 bits per heavy atom. The highest BCUT2D eigenvalue weighted by Gasteiger charge is 2.17. The summed E-state index contributed by atoms with van der Waals surface area (Å²) >= 11 is 0. The molecular weight excluding hydrogens is 250 g/mol. The standard InChI is InChI=1S/C16H23N3O/c1-5-16(12(4)20)19-10-15(17-18-19)14-8-6-13(7-9-14)11(2)3/h6-12,16,20H,5H2,1-4H3/t12-,16+/m1/s1. The third-order valence-corrected chi connectivity index (χ3v) is 3.70. The summed E-state index contributed by atoms with van der Waals surface area (Å²) in [5.41, 5.74) is 3.22. The number of aliphatic hydroxyl groups excluding tert-OH is 1. The van der Waals surface area contributed by atoms with Crippen LogP contribution >= 0.6 is 0 Å². The van der Waals surface area contributed by atoms with Crippen LogP contribution in [0.15, 0.2) is 30.5 Å². The fourth-order valence-electron chi connectivity index (χ4n) is 2.36. The summed E-state index contributed by atoms with van der Waals surface area (Å²) < 4.78 is 1.76. The molecular formula is C16H23N3O. The lowest BCUT2D eigenvalue weighted by Crippen LogP contribution is -2.21. The first-order chi connectivity index (χ1) is 9.52. The number of rotatable bonds is 5. The van der Waals surface area contributed by atoms with Crippen molar-refractivity contribution in [3.63, 3.8) is 0 Å². The van der Waals surface area contributed by atoms with Crippen LogP contribution in [0.5, 0.6) is 0 Å². The minimum atomic E-state index is -0.433. The van der Waals surface area contributed by atoms with Crippen LogP contribution in [0.3, 0.4) is 0 Å². The number of nitrogens with zero attached hydrogens (tertiary/aromatic N) is 3. The summed E-state index contributed by atoms with van der Waals surface area (Å²) in [5, 5.41) is 18.1. The molecule has 1 N–H and O–H groups in total. The molecule has 0 aliphatic heterocycles. The van der Waals surface area contributed by atoms with Gasteiger partial charge in [0.05, 0.1) is 18.3 Å². The van der Waals surface area contributed by atoms with E-state index < -0.39 is 6.10 Å². The van der Waals surface area contributed by atoms with E-state index in [0.717, 1.165) is 17.7 Å². The summed E-state index contributed by atoms with van der Waals surface area (Å²) in [4.78, 5) is 0. The van der Waals surface area contributed by atoms with Gasteiger partial charge in [-0.05, 0) is 24.8 Å². The summed E-state index contributed by atoms with van der Waals surface area (Å²) in [7, 11) is 0. The van der Waals surface area contributed by atoms with Crippen LogP contribution < -0.4 is 0 Å². The van der Waals surface area contributed by atoms with Gasteiger partial charge < -0.3 is 5.11 Å². The summed E-state index contributed by atoms with van der Waals surface area (Å²) in [6.07, 6.45) is 2.30. The lowest BCUT2D eigenvalue weighted by molar-refractivity contribution is 0.119. The third kappa shape index (κ3) is 3.07. The minimum Gasteiger partial charge on any atom is -0.391 e. The van der Waals surface area contributed by atoms with Crippen molar-refractivity contribution in [2.24, 2.45) is 0 Å². The van der Waals surface area contributed by atoms with Crippen LogP contribution in [-0.4, -0.2) is 26.2 Å².